The number of nitrogens with zero attached hydrogens (tertiary/aromatic N) is 1. The van der Waals surface area contributed by atoms with Crippen LogP contribution < -0.4 is 0 Å². The molecule has 0 saturated heterocycles. The molecule has 0 radical (unpaired) electrons. The molecule has 13 heavy (non-hydrogen) atoms. The normalized spacial score (nSPS) is 13.6. The summed E-state index contributed by atoms with van der Waals surface area (Å²) in [6, 6.07) is 0. The molecule has 0 fully saturated rings. The topological polar surface area (TPSA) is 3.24 Å². The first kappa shape index (κ1) is 12.3. The zero-order valence-corrected chi connectivity index (χ0v) is 9.46. The van der Waals surface area contributed by atoms with Gasteiger partial charge in [-0.1, -0.05) is 26.0 Å². The Kier molecular flexibility index (Phi) is 6.38. The van der Waals surface area contributed by atoms with Crippen LogP contribution in [0.25, 0.3) is 0 Å². The minimum absolute atomic E-state index is 0.635. The van der Waals surface area contributed by atoms with Crippen molar-refractivity contribution in [1.29, 1.82) is 0 Å². The van der Waals surface area contributed by atoms with E-state index in [9.17, 15) is 0 Å². The Bertz CT molecular complexity index is 157. The number of hydrogen-bond acceptors (Lipinski definition) is 1. The lowest BCUT2D eigenvalue weighted by Crippen LogP contribution is -2.03. The molecule has 0 aliphatic rings. The lowest BCUT2D eigenvalue weighted by molar-refractivity contribution is 0.475. The second kappa shape index (κ2) is 6.76. The number of allylic oxidation sites excluding steroid dienone is 2. The molecule has 0 heterocycles. The van der Waals surface area contributed by atoms with Crippen molar-refractivity contribution in [3.05, 3.63) is 24.9 Å². The van der Waals surface area contributed by atoms with Crippen LogP contribution in [0.3, 0.4) is 0 Å². The number of rotatable bonds is 6. The highest BCUT2D eigenvalue weighted by molar-refractivity contribution is 4.89. The van der Waals surface area contributed by atoms with Gasteiger partial charge in [-0.3, -0.25) is 0 Å². The largest absolute Gasteiger partial charge is 0.384 e. The molecule has 0 aromatic carbocycles. The van der Waals surface area contributed by atoms with Gasteiger partial charge in [0.25, 0.3) is 0 Å². The summed E-state index contributed by atoms with van der Waals surface area (Å²) < 4.78 is 0. The van der Waals surface area contributed by atoms with Crippen molar-refractivity contribution >= 4 is 0 Å². The Hall–Kier alpha value is -0.720. The third-order valence-electron chi connectivity index (χ3n) is 1.95. The highest BCUT2D eigenvalue weighted by Crippen LogP contribution is 2.16. The summed E-state index contributed by atoms with van der Waals surface area (Å²) in [5, 5.41) is 0. The SMILES string of the molecule is C=CC(C/C=C/N(C)C)CC(C)C. The highest BCUT2D eigenvalue weighted by Gasteiger charge is 2.04. The van der Waals surface area contributed by atoms with Crippen molar-refractivity contribution in [2.45, 2.75) is 26.7 Å². The summed E-state index contributed by atoms with van der Waals surface area (Å²) >= 11 is 0. The van der Waals surface area contributed by atoms with E-state index in [1.165, 1.54) is 6.42 Å². The molecule has 1 atom stereocenters. The van der Waals surface area contributed by atoms with Gasteiger partial charge in [0, 0.05) is 14.1 Å². The fourth-order valence-electron chi connectivity index (χ4n) is 1.34. The predicted molar refractivity (Wildman–Crippen MR) is 60.6 cm³/mol. The summed E-state index contributed by atoms with van der Waals surface area (Å²) in [4.78, 5) is 2.07. The Labute approximate surface area is 83.1 Å². The standard InChI is InChI=1S/C12H23N/c1-6-12(10-11(2)3)8-7-9-13(4)5/h6-7,9,11-12H,1,8,10H2,2-5H3/b9-7+. The van der Waals surface area contributed by atoms with Crippen LogP contribution in [0.1, 0.15) is 26.7 Å². The predicted octanol–water partition coefficient (Wildman–Crippen LogP) is 3.30. The maximum absolute atomic E-state index is 3.86. The fourth-order valence-corrected chi connectivity index (χ4v) is 1.34. The molecule has 0 aromatic heterocycles. The van der Waals surface area contributed by atoms with Gasteiger partial charge < -0.3 is 4.90 Å². The Balaban J connectivity index is 3.78. The molecule has 1 nitrogen and oxygen atoms in total. The van der Waals surface area contributed by atoms with Crippen LogP contribution in [-0.4, -0.2) is 19.0 Å². The van der Waals surface area contributed by atoms with Crippen molar-refractivity contribution in [3.8, 4) is 0 Å². The summed E-state index contributed by atoms with van der Waals surface area (Å²) in [7, 11) is 4.09. The van der Waals surface area contributed by atoms with Crippen molar-refractivity contribution in [2.24, 2.45) is 11.8 Å². The van der Waals surface area contributed by atoms with Gasteiger partial charge in [-0.05, 0) is 30.9 Å². The highest BCUT2D eigenvalue weighted by atomic mass is 15.0. The minimum atomic E-state index is 0.635. The third kappa shape index (κ3) is 7.63. The van der Waals surface area contributed by atoms with Crippen LogP contribution in [0.15, 0.2) is 24.9 Å². The van der Waals surface area contributed by atoms with E-state index in [1.54, 1.807) is 0 Å². The third-order valence-corrected chi connectivity index (χ3v) is 1.95. The minimum Gasteiger partial charge on any atom is -0.384 e. The molecule has 0 amide bonds. The lowest BCUT2D eigenvalue weighted by atomic mass is 9.94. The molecular weight excluding hydrogens is 158 g/mol. The van der Waals surface area contributed by atoms with Crippen molar-refractivity contribution in [1.82, 2.24) is 4.90 Å². The van der Waals surface area contributed by atoms with Gasteiger partial charge in [-0.25, -0.2) is 0 Å². The summed E-state index contributed by atoms with van der Waals surface area (Å²) in [6.07, 6.45) is 8.74. The van der Waals surface area contributed by atoms with Gasteiger partial charge in [0.1, 0.15) is 0 Å². The van der Waals surface area contributed by atoms with Gasteiger partial charge in [0.15, 0.2) is 0 Å². The van der Waals surface area contributed by atoms with Crippen LogP contribution in [0.4, 0.5) is 0 Å². The first-order chi connectivity index (χ1) is 6.06. The van der Waals surface area contributed by atoms with Crippen LogP contribution in [0.2, 0.25) is 0 Å². The molecule has 0 aromatic rings. The van der Waals surface area contributed by atoms with E-state index in [2.05, 4.69) is 43.7 Å². The summed E-state index contributed by atoms with van der Waals surface area (Å²) in [5.41, 5.74) is 0. The quantitative estimate of drug-likeness (QED) is 0.568. The van der Waals surface area contributed by atoms with Gasteiger partial charge >= 0.3 is 0 Å². The van der Waals surface area contributed by atoms with Crippen LogP contribution in [0, 0.1) is 11.8 Å². The summed E-state index contributed by atoms with van der Waals surface area (Å²) in [5.74, 6) is 1.40. The molecule has 1 unspecified atom stereocenters. The van der Waals surface area contributed by atoms with E-state index in [0.29, 0.717) is 5.92 Å². The smallest absolute Gasteiger partial charge is 0.00555 e. The molecule has 0 aliphatic carbocycles. The molecule has 0 N–H and O–H groups in total. The van der Waals surface area contributed by atoms with Gasteiger partial charge in [-0.15, -0.1) is 6.58 Å². The zero-order valence-electron chi connectivity index (χ0n) is 9.46. The van der Waals surface area contributed by atoms with E-state index >= 15 is 0 Å². The van der Waals surface area contributed by atoms with Crippen molar-refractivity contribution < 1.29 is 0 Å². The van der Waals surface area contributed by atoms with Crippen molar-refractivity contribution in [2.75, 3.05) is 14.1 Å². The molecule has 0 aliphatic heterocycles. The average molecular weight is 181 g/mol. The summed E-state index contributed by atoms with van der Waals surface area (Å²) in [6.45, 7) is 8.38. The maximum atomic E-state index is 3.86. The van der Waals surface area contributed by atoms with Gasteiger partial charge in [-0.2, -0.15) is 0 Å². The lowest BCUT2D eigenvalue weighted by Gasteiger charge is -2.12. The maximum Gasteiger partial charge on any atom is 0.00555 e. The molecule has 0 rings (SSSR count). The Morgan fingerprint density at radius 1 is 1.31 bits per heavy atom. The first-order valence-electron chi connectivity index (χ1n) is 5.02. The number of hydrogen-bond donors (Lipinski definition) is 0. The molecule has 0 bridgehead atoms. The van der Waals surface area contributed by atoms with Gasteiger partial charge in [0.05, 0.1) is 0 Å². The molecule has 0 saturated carbocycles. The van der Waals surface area contributed by atoms with E-state index in [-0.39, 0.29) is 0 Å². The second-order valence-corrected chi connectivity index (χ2v) is 4.21. The van der Waals surface area contributed by atoms with Crippen LogP contribution in [-0.2, 0) is 0 Å². The van der Waals surface area contributed by atoms with E-state index in [4.69, 9.17) is 0 Å². The zero-order chi connectivity index (χ0) is 10.3. The second-order valence-electron chi connectivity index (χ2n) is 4.21. The average Bonchev–Trinajstić information content (AvgIpc) is 2.01. The molecule has 76 valence electrons. The van der Waals surface area contributed by atoms with Gasteiger partial charge in [0.2, 0.25) is 0 Å². The fraction of sp³-hybridized carbons (Fsp3) is 0.667. The first-order valence-corrected chi connectivity index (χ1v) is 5.02. The van der Waals surface area contributed by atoms with Crippen LogP contribution in [0.5, 0.6) is 0 Å². The van der Waals surface area contributed by atoms with E-state index in [1.807, 2.05) is 14.1 Å². The molecule has 0 spiro atoms. The Morgan fingerprint density at radius 3 is 2.31 bits per heavy atom. The van der Waals surface area contributed by atoms with Crippen LogP contribution >= 0.6 is 0 Å². The van der Waals surface area contributed by atoms with E-state index in [0.717, 1.165) is 12.3 Å². The molecular formula is C12H23N. The molecule has 1 heteroatoms. The van der Waals surface area contributed by atoms with E-state index < -0.39 is 0 Å². The monoisotopic (exact) mass is 181 g/mol. The Morgan fingerprint density at radius 2 is 1.92 bits per heavy atom. The van der Waals surface area contributed by atoms with Crippen molar-refractivity contribution in [3.63, 3.8) is 0 Å².